The van der Waals surface area contributed by atoms with Crippen molar-refractivity contribution in [2.45, 2.75) is 12.5 Å². The lowest BCUT2D eigenvalue weighted by atomic mass is 9.87. The largest absolute Gasteiger partial charge is 0.361 e. The summed E-state index contributed by atoms with van der Waals surface area (Å²) in [5.74, 6) is -2.82. The van der Waals surface area contributed by atoms with Crippen molar-refractivity contribution in [3.05, 3.63) is 96.2 Å². The fourth-order valence-electron chi connectivity index (χ4n) is 4.43. The summed E-state index contributed by atoms with van der Waals surface area (Å²) >= 11 is 0. The number of nitrogens with one attached hydrogen (secondary N) is 1. The van der Waals surface area contributed by atoms with Crippen molar-refractivity contribution in [1.29, 1.82) is 0 Å². The van der Waals surface area contributed by atoms with Gasteiger partial charge in [-0.1, -0.05) is 18.2 Å². The number of fused-ring (bicyclic) bond motifs is 1. The van der Waals surface area contributed by atoms with Gasteiger partial charge in [-0.05, 0) is 47.9 Å². The summed E-state index contributed by atoms with van der Waals surface area (Å²) in [6, 6.07) is 14.0. The van der Waals surface area contributed by atoms with Crippen molar-refractivity contribution in [3.8, 4) is 0 Å². The van der Waals surface area contributed by atoms with E-state index in [0.29, 0.717) is 24.1 Å². The van der Waals surface area contributed by atoms with Gasteiger partial charge < -0.3 is 9.88 Å². The predicted molar refractivity (Wildman–Crippen MR) is 118 cm³/mol. The number of para-hydroxylation sites is 1. The lowest BCUT2D eigenvalue weighted by Crippen LogP contribution is -2.32. The number of aromatic amines is 1. The van der Waals surface area contributed by atoms with Gasteiger partial charge in [-0.2, -0.15) is 0 Å². The highest BCUT2D eigenvalue weighted by molar-refractivity contribution is 6.44. The normalized spacial score (nSPS) is 18.4. The first-order chi connectivity index (χ1) is 15.6. The maximum Gasteiger partial charge on any atom is 0.291 e. The second-order valence-electron chi connectivity index (χ2n) is 7.78. The summed E-state index contributed by atoms with van der Waals surface area (Å²) in [6.07, 6.45) is 8.67. The third kappa shape index (κ3) is 3.37. The first-order valence-electron chi connectivity index (χ1n) is 10.4. The van der Waals surface area contributed by atoms with E-state index < -0.39 is 29.4 Å². The van der Waals surface area contributed by atoms with Crippen molar-refractivity contribution in [2.24, 2.45) is 5.92 Å². The molecule has 1 fully saturated rings. The summed E-state index contributed by atoms with van der Waals surface area (Å²) in [7, 11) is 0. The van der Waals surface area contributed by atoms with E-state index in [2.05, 4.69) is 15.0 Å². The summed E-state index contributed by atoms with van der Waals surface area (Å²) < 4.78 is 0. The average Bonchev–Trinajstić information content (AvgIpc) is 3.37. The highest BCUT2D eigenvalue weighted by Crippen LogP contribution is 2.38. The predicted octanol–water partition coefficient (Wildman–Crippen LogP) is 3.15. The minimum absolute atomic E-state index is 0.316. The van der Waals surface area contributed by atoms with Crippen molar-refractivity contribution < 1.29 is 14.4 Å². The number of aromatic nitrogens is 3. The Balaban J connectivity index is 1.50. The van der Waals surface area contributed by atoms with Crippen LogP contribution in [0.2, 0.25) is 0 Å². The fourth-order valence-corrected chi connectivity index (χ4v) is 4.43. The molecule has 3 aromatic heterocycles. The molecule has 1 aliphatic heterocycles. The molecule has 7 nitrogen and oxygen atoms in total. The van der Waals surface area contributed by atoms with Gasteiger partial charge >= 0.3 is 0 Å². The first kappa shape index (κ1) is 19.8. The van der Waals surface area contributed by atoms with Gasteiger partial charge in [0, 0.05) is 54.0 Å². The van der Waals surface area contributed by atoms with Crippen LogP contribution in [0.3, 0.4) is 0 Å². The quantitative estimate of drug-likeness (QED) is 0.291. The maximum atomic E-state index is 13.3. The standard InChI is InChI=1S/C25H20N4O3/c30-23(18-4-3-10-27-14-18)21-22(16-7-11-26-12-8-16)29(25(32)24(21)31)13-9-17-15-28-20-6-2-1-5-19(17)20/h1-8,10-12,14-15,21-22,28H,9,13H2. The summed E-state index contributed by atoms with van der Waals surface area (Å²) in [5.41, 5.74) is 3.09. The van der Waals surface area contributed by atoms with Gasteiger partial charge in [0.2, 0.25) is 5.78 Å². The molecule has 0 radical (unpaired) electrons. The van der Waals surface area contributed by atoms with E-state index in [1.54, 1.807) is 42.9 Å². The molecular weight excluding hydrogens is 404 g/mol. The summed E-state index contributed by atoms with van der Waals surface area (Å²) in [6.45, 7) is 0.316. The molecule has 2 unspecified atom stereocenters. The first-order valence-corrected chi connectivity index (χ1v) is 10.4. The van der Waals surface area contributed by atoms with E-state index in [0.717, 1.165) is 16.5 Å². The van der Waals surface area contributed by atoms with Crippen LogP contribution in [0.1, 0.15) is 27.5 Å². The zero-order valence-corrected chi connectivity index (χ0v) is 17.1. The Morgan fingerprint density at radius 2 is 1.78 bits per heavy atom. The molecule has 5 rings (SSSR count). The minimum Gasteiger partial charge on any atom is -0.361 e. The van der Waals surface area contributed by atoms with Gasteiger partial charge in [-0.3, -0.25) is 24.4 Å². The van der Waals surface area contributed by atoms with E-state index in [1.807, 2.05) is 30.5 Å². The monoisotopic (exact) mass is 424 g/mol. The van der Waals surface area contributed by atoms with Crippen molar-refractivity contribution in [3.63, 3.8) is 0 Å². The Labute approximate surface area is 184 Å². The molecule has 7 heteroatoms. The molecule has 0 spiro atoms. The second kappa shape index (κ2) is 8.19. The highest BCUT2D eigenvalue weighted by Gasteiger charge is 2.51. The number of hydrogen-bond acceptors (Lipinski definition) is 5. The topological polar surface area (TPSA) is 96.0 Å². The van der Waals surface area contributed by atoms with E-state index in [4.69, 9.17) is 0 Å². The van der Waals surface area contributed by atoms with Crippen LogP contribution in [-0.2, 0) is 16.0 Å². The van der Waals surface area contributed by atoms with Crippen molar-refractivity contribution in [1.82, 2.24) is 19.9 Å². The van der Waals surface area contributed by atoms with E-state index in [1.165, 1.54) is 11.1 Å². The molecule has 2 atom stereocenters. The summed E-state index contributed by atoms with van der Waals surface area (Å²) in [4.78, 5) is 52.2. The molecule has 4 heterocycles. The van der Waals surface area contributed by atoms with Gasteiger partial charge in [0.25, 0.3) is 5.91 Å². The Hall–Kier alpha value is -4.13. The molecule has 0 saturated carbocycles. The number of ketones is 2. The Morgan fingerprint density at radius 1 is 0.969 bits per heavy atom. The maximum absolute atomic E-state index is 13.3. The van der Waals surface area contributed by atoms with Gasteiger partial charge in [-0.15, -0.1) is 0 Å². The number of H-pyrrole nitrogens is 1. The molecule has 1 aromatic carbocycles. The molecule has 4 aromatic rings. The van der Waals surface area contributed by atoms with Crippen LogP contribution < -0.4 is 0 Å². The number of hydrogen-bond donors (Lipinski definition) is 1. The molecule has 32 heavy (non-hydrogen) atoms. The SMILES string of the molecule is O=C1C(=O)N(CCc2c[nH]c3ccccc23)C(c2ccncc2)C1C(=O)c1cccnc1. The Morgan fingerprint density at radius 3 is 2.56 bits per heavy atom. The molecule has 1 aliphatic rings. The van der Waals surface area contributed by atoms with Crippen molar-refractivity contribution in [2.75, 3.05) is 6.54 Å². The van der Waals surface area contributed by atoms with Gasteiger partial charge in [0.15, 0.2) is 5.78 Å². The summed E-state index contributed by atoms with van der Waals surface area (Å²) in [5, 5.41) is 1.08. The number of amides is 1. The third-order valence-corrected chi connectivity index (χ3v) is 5.98. The van der Waals surface area contributed by atoms with Crippen molar-refractivity contribution >= 4 is 28.4 Å². The number of rotatable bonds is 6. The molecule has 1 amide bonds. The van der Waals surface area contributed by atoms with E-state index in [9.17, 15) is 14.4 Å². The lowest BCUT2D eigenvalue weighted by Gasteiger charge is -2.27. The van der Waals surface area contributed by atoms with Crippen LogP contribution in [0.25, 0.3) is 10.9 Å². The third-order valence-electron chi connectivity index (χ3n) is 5.98. The molecular formula is C25H20N4O3. The Bertz CT molecular complexity index is 1300. The number of carbonyl (C=O) groups is 3. The van der Waals surface area contributed by atoms with Gasteiger partial charge in [0.05, 0.1) is 6.04 Å². The zero-order valence-electron chi connectivity index (χ0n) is 17.1. The number of likely N-dealkylation sites (tertiary alicyclic amines) is 1. The van der Waals surface area contributed by atoms with Crippen LogP contribution in [-0.4, -0.2) is 43.9 Å². The van der Waals surface area contributed by atoms with Crippen LogP contribution in [0.15, 0.2) is 79.5 Å². The molecule has 1 saturated heterocycles. The van der Waals surface area contributed by atoms with Crippen LogP contribution >= 0.6 is 0 Å². The molecule has 0 bridgehead atoms. The number of pyridine rings is 2. The number of benzene rings is 1. The number of carbonyl (C=O) groups excluding carboxylic acids is 3. The molecule has 158 valence electrons. The van der Waals surface area contributed by atoms with Crippen LogP contribution in [0.4, 0.5) is 0 Å². The van der Waals surface area contributed by atoms with Gasteiger partial charge in [0.1, 0.15) is 5.92 Å². The zero-order chi connectivity index (χ0) is 22.1. The number of Topliss-reactive ketones (excluding diaryl/α,β-unsaturated/α-hetero) is 2. The van der Waals surface area contributed by atoms with Gasteiger partial charge in [-0.25, -0.2) is 0 Å². The second-order valence-corrected chi connectivity index (χ2v) is 7.78. The highest BCUT2D eigenvalue weighted by atomic mass is 16.2. The number of nitrogens with zero attached hydrogens (tertiary/aromatic N) is 3. The van der Waals surface area contributed by atoms with E-state index in [-0.39, 0.29) is 0 Å². The molecule has 0 aliphatic carbocycles. The van der Waals surface area contributed by atoms with Crippen LogP contribution in [0, 0.1) is 5.92 Å². The fraction of sp³-hybridized carbons (Fsp3) is 0.160. The molecule has 1 N–H and O–H groups in total. The van der Waals surface area contributed by atoms with Crippen LogP contribution in [0.5, 0.6) is 0 Å². The van der Waals surface area contributed by atoms with E-state index >= 15 is 0 Å². The minimum atomic E-state index is -1.11. The smallest absolute Gasteiger partial charge is 0.291 e. The lowest BCUT2D eigenvalue weighted by molar-refractivity contribution is -0.140. The average molecular weight is 424 g/mol. The Kier molecular flexibility index (Phi) is 5.07.